The van der Waals surface area contributed by atoms with E-state index in [-0.39, 0.29) is 5.82 Å². The van der Waals surface area contributed by atoms with Gasteiger partial charge in [-0.2, -0.15) is 4.98 Å². The van der Waals surface area contributed by atoms with Crippen molar-refractivity contribution in [1.82, 2.24) is 20.5 Å². The molecule has 0 spiro atoms. The molecule has 5 nitrogen and oxygen atoms in total. The second-order valence-electron chi connectivity index (χ2n) is 4.35. The molecule has 19 heavy (non-hydrogen) atoms. The minimum Gasteiger partial charge on any atom is -0.337 e. The number of aromatic nitrogens is 3. The molecule has 0 atom stereocenters. The van der Waals surface area contributed by atoms with Crippen molar-refractivity contribution in [2.24, 2.45) is 0 Å². The summed E-state index contributed by atoms with van der Waals surface area (Å²) in [6, 6.07) is 4.76. The number of aromatic amines is 1. The van der Waals surface area contributed by atoms with E-state index in [1.165, 1.54) is 6.07 Å². The highest BCUT2D eigenvalue weighted by atomic mass is 79.9. The minimum absolute atomic E-state index is 0.314. The molecular formula is C12H13BrFN5. The molecule has 3 rings (SSSR count). The zero-order chi connectivity index (χ0) is 13.2. The van der Waals surface area contributed by atoms with Gasteiger partial charge in [0.1, 0.15) is 5.82 Å². The first-order valence-electron chi connectivity index (χ1n) is 6.07. The molecule has 0 bridgehead atoms. The Morgan fingerprint density at radius 3 is 2.84 bits per heavy atom. The lowest BCUT2D eigenvalue weighted by atomic mass is 10.2. The van der Waals surface area contributed by atoms with Crippen LogP contribution in [0, 0.1) is 5.82 Å². The number of benzene rings is 1. The van der Waals surface area contributed by atoms with E-state index < -0.39 is 0 Å². The molecule has 0 aliphatic carbocycles. The first-order valence-corrected chi connectivity index (χ1v) is 6.87. The van der Waals surface area contributed by atoms with Crippen LogP contribution in [0.5, 0.6) is 0 Å². The van der Waals surface area contributed by atoms with Gasteiger partial charge in [-0.1, -0.05) is 15.9 Å². The average Bonchev–Trinajstić information content (AvgIpc) is 2.92. The first-order chi connectivity index (χ1) is 9.24. The third kappa shape index (κ3) is 2.62. The number of piperazine rings is 1. The Kier molecular flexibility index (Phi) is 3.48. The Bertz CT molecular complexity index is 579. The predicted octanol–water partition coefficient (Wildman–Crippen LogP) is 1.78. The molecule has 0 unspecified atom stereocenters. The molecular weight excluding hydrogens is 313 g/mol. The summed E-state index contributed by atoms with van der Waals surface area (Å²) in [5.74, 6) is 0.759. The van der Waals surface area contributed by atoms with E-state index in [0.29, 0.717) is 17.3 Å². The molecule has 1 aromatic carbocycles. The topological polar surface area (TPSA) is 56.8 Å². The molecule has 1 aromatic heterocycles. The van der Waals surface area contributed by atoms with Crippen LogP contribution < -0.4 is 10.2 Å². The molecule has 0 saturated carbocycles. The SMILES string of the molecule is Fc1ccc(Br)cc1-c1nc(N2CCNCC2)n[nH]1. The fourth-order valence-corrected chi connectivity index (χ4v) is 2.42. The van der Waals surface area contributed by atoms with Gasteiger partial charge in [0.25, 0.3) is 0 Å². The second-order valence-corrected chi connectivity index (χ2v) is 5.26. The molecule has 0 amide bonds. The van der Waals surface area contributed by atoms with Gasteiger partial charge < -0.3 is 10.2 Å². The summed E-state index contributed by atoms with van der Waals surface area (Å²) in [6.07, 6.45) is 0. The fraction of sp³-hybridized carbons (Fsp3) is 0.333. The van der Waals surface area contributed by atoms with Crippen molar-refractivity contribution in [2.75, 3.05) is 31.1 Å². The quantitative estimate of drug-likeness (QED) is 0.883. The van der Waals surface area contributed by atoms with Gasteiger partial charge >= 0.3 is 0 Å². The van der Waals surface area contributed by atoms with Crippen LogP contribution in [-0.2, 0) is 0 Å². The van der Waals surface area contributed by atoms with E-state index in [9.17, 15) is 4.39 Å². The number of nitrogens with zero attached hydrogens (tertiary/aromatic N) is 3. The summed E-state index contributed by atoms with van der Waals surface area (Å²) in [5, 5.41) is 10.2. The van der Waals surface area contributed by atoms with Gasteiger partial charge in [-0.05, 0) is 18.2 Å². The molecule has 7 heteroatoms. The first kappa shape index (κ1) is 12.6. The summed E-state index contributed by atoms with van der Waals surface area (Å²) < 4.78 is 14.6. The monoisotopic (exact) mass is 325 g/mol. The lowest BCUT2D eigenvalue weighted by Gasteiger charge is -2.25. The highest BCUT2D eigenvalue weighted by Crippen LogP contribution is 2.24. The number of hydrogen-bond donors (Lipinski definition) is 2. The fourth-order valence-electron chi connectivity index (χ4n) is 2.06. The summed E-state index contributed by atoms with van der Waals surface area (Å²) in [5.41, 5.74) is 0.420. The molecule has 2 heterocycles. The number of rotatable bonds is 2. The van der Waals surface area contributed by atoms with Crippen LogP contribution in [0.2, 0.25) is 0 Å². The van der Waals surface area contributed by atoms with Crippen molar-refractivity contribution >= 4 is 21.9 Å². The highest BCUT2D eigenvalue weighted by Gasteiger charge is 2.17. The van der Waals surface area contributed by atoms with Crippen molar-refractivity contribution in [1.29, 1.82) is 0 Å². The molecule has 100 valence electrons. The second kappa shape index (κ2) is 5.26. The van der Waals surface area contributed by atoms with Crippen molar-refractivity contribution in [3.05, 3.63) is 28.5 Å². The average molecular weight is 326 g/mol. The lowest BCUT2D eigenvalue weighted by Crippen LogP contribution is -2.44. The third-order valence-corrected chi connectivity index (χ3v) is 3.55. The summed E-state index contributed by atoms with van der Waals surface area (Å²) >= 11 is 3.33. The van der Waals surface area contributed by atoms with Crippen LogP contribution >= 0.6 is 15.9 Å². The van der Waals surface area contributed by atoms with Crippen LogP contribution in [-0.4, -0.2) is 41.4 Å². The van der Waals surface area contributed by atoms with Crippen LogP contribution in [0.4, 0.5) is 10.3 Å². The van der Waals surface area contributed by atoms with Crippen LogP contribution in [0.15, 0.2) is 22.7 Å². The number of hydrogen-bond acceptors (Lipinski definition) is 4. The predicted molar refractivity (Wildman–Crippen MR) is 74.6 cm³/mol. The number of H-pyrrole nitrogens is 1. The summed E-state index contributed by atoms with van der Waals surface area (Å²) in [6.45, 7) is 3.54. The molecule has 1 aliphatic heterocycles. The van der Waals surface area contributed by atoms with Gasteiger partial charge in [0.15, 0.2) is 5.82 Å². The van der Waals surface area contributed by atoms with Crippen molar-refractivity contribution in [3.8, 4) is 11.4 Å². The van der Waals surface area contributed by atoms with E-state index in [4.69, 9.17) is 0 Å². The van der Waals surface area contributed by atoms with Gasteiger partial charge in [0, 0.05) is 30.7 Å². The normalized spacial score (nSPS) is 15.8. The van der Waals surface area contributed by atoms with E-state index in [2.05, 4.69) is 41.3 Å². The Morgan fingerprint density at radius 2 is 2.05 bits per heavy atom. The smallest absolute Gasteiger partial charge is 0.245 e. The lowest BCUT2D eigenvalue weighted by molar-refractivity contribution is 0.580. The Balaban J connectivity index is 1.89. The maximum absolute atomic E-state index is 13.8. The Morgan fingerprint density at radius 1 is 1.26 bits per heavy atom. The van der Waals surface area contributed by atoms with Crippen molar-refractivity contribution in [3.63, 3.8) is 0 Å². The molecule has 1 aliphatic rings. The van der Waals surface area contributed by atoms with Crippen molar-refractivity contribution < 1.29 is 4.39 Å². The maximum Gasteiger partial charge on any atom is 0.245 e. The van der Waals surface area contributed by atoms with Gasteiger partial charge in [-0.3, -0.25) is 5.10 Å². The van der Waals surface area contributed by atoms with Crippen molar-refractivity contribution in [2.45, 2.75) is 0 Å². The van der Waals surface area contributed by atoms with Crippen LogP contribution in [0.3, 0.4) is 0 Å². The zero-order valence-electron chi connectivity index (χ0n) is 10.2. The molecule has 2 aromatic rings. The largest absolute Gasteiger partial charge is 0.337 e. The zero-order valence-corrected chi connectivity index (χ0v) is 11.7. The maximum atomic E-state index is 13.8. The highest BCUT2D eigenvalue weighted by molar-refractivity contribution is 9.10. The van der Waals surface area contributed by atoms with E-state index in [1.54, 1.807) is 12.1 Å². The minimum atomic E-state index is -0.314. The summed E-state index contributed by atoms with van der Waals surface area (Å²) in [4.78, 5) is 6.45. The molecule has 1 fully saturated rings. The molecule has 2 N–H and O–H groups in total. The van der Waals surface area contributed by atoms with E-state index in [0.717, 1.165) is 30.7 Å². The number of nitrogens with one attached hydrogen (secondary N) is 2. The standard InChI is InChI=1S/C12H13BrFN5/c13-8-1-2-10(14)9(7-8)11-16-12(18-17-11)19-5-3-15-4-6-19/h1-2,7,15H,3-6H2,(H,16,17,18). The van der Waals surface area contributed by atoms with E-state index >= 15 is 0 Å². The van der Waals surface area contributed by atoms with Gasteiger partial charge in [0.2, 0.25) is 5.95 Å². The van der Waals surface area contributed by atoms with E-state index in [1.807, 2.05) is 0 Å². The third-order valence-electron chi connectivity index (χ3n) is 3.06. The van der Waals surface area contributed by atoms with Crippen LogP contribution in [0.25, 0.3) is 11.4 Å². The Hall–Kier alpha value is -1.47. The van der Waals surface area contributed by atoms with Crippen LogP contribution in [0.1, 0.15) is 0 Å². The van der Waals surface area contributed by atoms with Gasteiger partial charge in [0.05, 0.1) is 5.56 Å². The van der Waals surface area contributed by atoms with Gasteiger partial charge in [-0.15, -0.1) is 5.10 Å². The molecule has 1 saturated heterocycles. The number of anilines is 1. The summed E-state index contributed by atoms with van der Waals surface area (Å²) in [7, 11) is 0. The Labute approximate surface area is 118 Å². The van der Waals surface area contributed by atoms with Gasteiger partial charge in [-0.25, -0.2) is 4.39 Å². The number of halogens is 2. The molecule has 0 radical (unpaired) electrons.